The summed E-state index contributed by atoms with van der Waals surface area (Å²) in [5.41, 5.74) is 6.71. The summed E-state index contributed by atoms with van der Waals surface area (Å²) in [6, 6.07) is 1.64. The minimum atomic E-state index is -0.301. The number of aromatic nitrogens is 1. The maximum Gasteiger partial charge on any atom is 0.355 e. The molecule has 0 aliphatic heterocycles. The maximum absolute atomic E-state index is 11.5. The summed E-state index contributed by atoms with van der Waals surface area (Å²) in [5.74, 6) is -0.301. The number of carbonyl (C=O) groups excluding carboxylic acids is 1. The molecule has 0 saturated heterocycles. The molecule has 0 amide bonds. The van der Waals surface area contributed by atoms with Gasteiger partial charge in [-0.25, -0.2) is 4.79 Å². The van der Waals surface area contributed by atoms with Crippen LogP contribution in [0.1, 0.15) is 30.8 Å². The Balaban J connectivity index is 2.77. The molecule has 0 bridgehead atoms. The van der Waals surface area contributed by atoms with E-state index in [0.29, 0.717) is 24.5 Å². The lowest BCUT2D eigenvalue weighted by Crippen LogP contribution is -2.11. The molecule has 0 radical (unpaired) electrons. The third kappa shape index (κ3) is 2.28. The van der Waals surface area contributed by atoms with Crippen LogP contribution in [-0.2, 0) is 11.3 Å². The highest BCUT2D eigenvalue weighted by molar-refractivity contribution is 5.89. The number of esters is 1. The van der Waals surface area contributed by atoms with Gasteiger partial charge in [-0.15, -0.1) is 0 Å². The lowest BCUT2D eigenvalue weighted by molar-refractivity contribution is 0.0493. The zero-order valence-electron chi connectivity index (χ0n) is 8.62. The second-order valence-corrected chi connectivity index (χ2v) is 3.08. The van der Waals surface area contributed by atoms with Gasteiger partial charge in [0.05, 0.1) is 12.3 Å². The van der Waals surface area contributed by atoms with E-state index in [0.717, 1.165) is 6.42 Å². The Bertz CT molecular complexity index is 318. The molecule has 4 heteroatoms. The first-order valence-corrected chi connectivity index (χ1v) is 4.81. The van der Waals surface area contributed by atoms with Gasteiger partial charge in [-0.3, -0.25) is 0 Å². The molecule has 0 spiro atoms. The fourth-order valence-electron chi connectivity index (χ4n) is 1.23. The second kappa shape index (κ2) is 4.69. The van der Waals surface area contributed by atoms with Gasteiger partial charge in [-0.1, -0.05) is 6.92 Å². The lowest BCUT2D eigenvalue weighted by atomic mass is 10.4. The van der Waals surface area contributed by atoms with Crippen molar-refractivity contribution in [3.8, 4) is 0 Å². The first kappa shape index (κ1) is 10.6. The van der Waals surface area contributed by atoms with Crippen LogP contribution in [-0.4, -0.2) is 17.1 Å². The van der Waals surface area contributed by atoms with E-state index in [-0.39, 0.29) is 5.97 Å². The number of nitrogens with zero attached hydrogens (tertiary/aromatic N) is 1. The minimum Gasteiger partial charge on any atom is -0.461 e. The van der Waals surface area contributed by atoms with Crippen molar-refractivity contribution in [3.63, 3.8) is 0 Å². The summed E-state index contributed by atoms with van der Waals surface area (Å²) in [6.07, 6.45) is 2.57. The summed E-state index contributed by atoms with van der Waals surface area (Å²) in [4.78, 5) is 11.5. The molecule has 1 aromatic heterocycles. The topological polar surface area (TPSA) is 57.2 Å². The van der Waals surface area contributed by atoms with Gasteiger partial charge in [0.15, 0.2) is 0 Å². The molecule has 1 aromatic rings. The van der Waals surface area contributed by atoms with Crippen LogP contribution in [0.5, 0.6) is 0 Å². The number of carbonyl (C=O) groups is 1. The van der Waals surface area contributed by atoms with Crippen molar-refractivity contribution < 1.29 is 9.53 Å². The van der Waals surface area contributed by atoms with Crippen LogP contribution in [0, 0.1) is 0 Å². The monoisotopic (exact) mass is 196 g/mol. The van der Waals surface area contributed by atoms with Gasteiger partial charge in [0.25, 0.3) is 0 Å². The number of rotatable bonds is 4. The molecule has 78 valence electrons. The molecular weight excluding hydrogens is 180 g/mol. The molecule has 0 aliphatic carbocycles. The zero-order valence-corrected chi connectivity index (χ0v) is 8.62. The number of nitrogens with two attached hydrogens (primary N) is 1. The van der Waals surface area contributed by atoms with Crippen LogP contribution in [0.25, 0.3) is 0 Å². The van der Waals surface area contributed by atoms with Crippen LogP contribution in [0.4, 0.5) is 5.69 Å². The van der Waals surface area contributed by atoms with Crippen molar-refractivity contribution >= 4 is 11.7 Å². The van der Waals surface area contributed by atoms with Crippen molar-refractivity contribution in [2.75, 3.05) is 12.3 Å². The number of aryl methyl sites for hydroxylation is 1. The maximum atomic E-state index is 11.5. The smallest absolute Gasteiger partial charge is 0.355 e. The first-order chi connectivity index (χ1) is 6.69. The van der Waals surface area contributed by atoms with E-state index in [2.05, 4.69) is 0 Å². The molecule has 0 aromatic carbocycles. The highest BCUT2D eigenvalue weighted by Crippen LogP contribution is 2.11. The largest absolute Gasteiger partial charge is 0.461 e. The third-order valence-corrected chi connectivity index (χ3v) is 1.90. The SMILES string of the molecule is CCCOC(=O)c1cc(N)cn1CC. The average molecular weight is 196 g/mol. The Morgan fingerprint density at radius 1 is 1.57 bits per heavy atom. The Labute approximate surface area is 83.7 Å². The van der Waals surface area contributed by atoms with E-state index in [1.165, 1.54) is 0 Å². The molecule has 0 fully saturated rings. The van der Waals surface area contributed by atoms with E-state index in [1.54, 1.807) is 16.8 Å². The molecule has 0 aliphatic rings. The van der Waals surface area contributed by atoms with Gasteiger partial charge in [0.1, 0.15) is 5.69 Å². The number of ether oxygens (including phenoxy) is 1. The molecule has 0 unspecified atom stereocenters. The van der Waals surface area contributed by atoms with Crippen LogP contribution < -0.4 is 5.73 Å². The summed E-state index contributed by atoms with van der Waals surface area (Å²) in [7, 11) is 0. The van der Waals surface area contributed by atoms with Gasteiger partial charge < -0.3 is 15.0 Å². The Morgan fingerprint density at radius 2 is 2.29 bits per heavy atom. The molecule has 4 nitrogen and oxygen atoms in total. The highest BCUT2D eigenvalue weighted by atomic mass is 16.5. The predicted octanol–water partition coefficient (Wildman–Crippen LogP) is 1.66. The van der Waals surface area contributed by atoms with Gasteiger partial charge >= 0.3 is 5.97 Å². The van der Waals surface area contributed by atoms with Crippen molar-refractivity contribution in [2.24, 2.45) is 0 Å². The molecule has 1 rings (SSSR count). The average Bonchev–Trinajstić information content (AvgIpc) is 2.56. The number of nitrogen functional groups attached to an aromatic ring is 1. The predicted molar refractivity (Wildman–Crippen MR) is 55.1 cm³/mol. The van der Waals surface area contributed by atoms with E-state index in [9.17, 15) is 4.79 Å². The number of hydrogen-bond acceptors (Lipinski definition) is 3. The van der Waals surface area contributed by atoms with Crippen molar-refractivity contribution in [2.45, 2.75) is 26.8 Å². The minimum absolute atomic E-state index is 0.301. The first-order valence-electron chi connectivity index (χ1n) is 4.81. The van der Waals surface area contributed by atoms with Gasteiger partial charge in [0, 0.05) is 12.7 Å². The highest BCUT2D eigenvalue weighted by Gasteiger charge is 2.12. The normalized spacial score (nSPS) is 10.1. The van der Waals surface area contributed by atoms with Crippen molar-refractivity contribution in [3.05, 3.63) is 18.0 Å². The molecule has 0 atom stereocenters. The summed E-state index contributed by atoms with van der Waals surface area (Å²) in [6.45, 7) is 5.08. The Hall–Kier alpha value is -1.45. The Kier molecular flexibility index (Phi) is 3.56. The molecule has 0 saturated carbocycles. The van der Waals surface area contributed by atoms with E-state index in [4.69, 9.17) is 10.5 Å². The van der Waals surface area contributed by atoms with Crippen LogP contribution in [0.3, 0.4) is 0 Å². The van der Waals surface area contributed by atoms with Crippen molar-refractivity contribution in [1.82, 2.24) is 4.57 Å². The third-order valence-electron chi connectivity index (χ3n) is 1.90. The lowest BCUT2D eigenvalue weighted by Gasteiger charge is -2.05. The molecule has 1 heterocycles. The van der Waals surface area contributed by atoms with Gasteiger partial charge in [-0.2, -0.15) is 0 Å². The van der Waals surface area contributed by atoms with Gasteiger partial charge in [0.2, 0.25) is 0 Å². The van der Waals surface area contributed by atoms with Crippen LogP contribution >= 0.6 is 0 Å². The summed E-state index contributed by atoms with van der Waals surface area (Å²) in [5, 5.41) is 0. The molecule has 2 N–H and O–H groups in total. The second-order valence-electron chi connectivity index (χ2n) is 3.08. The van der Waals surface area contributed by atoms with E-state index in [1.807, 2.05) is 13.8 Å². The fourth-order valence-corrected chi connectivity index (χ4v) is 1.23. The molecular formula is C10H16N2O2. The summed E-state index contributed by atoms with van der Waals surface area (Å²) >= 11 is 0. The standard InChI is InChI=1S/C10H16N2O2/c1-3-5-14-10(13)9-6-8(11)7-12(9)4-2/h6-7H,3-5,11H2,1-2H3. The Morgan fingerprint density at radius 3 is 2.86 bits per heavy atom. The number of hydrogen-bond donors (Lipinski definition) is 1. The van der Waals surface area contributed by atoms with E-state index < -0.39 is 0 Å². The van der Waals surface area contributed by atoms with Gasteiger partial charge in [-0.05, 0) is 19.4 Å². The van der Waals surface area contributed by atoms with Crippen LogP contribution in [0.15, 0.2) is 12.3 Å². The van der Waals surface area contributed by atoms with Crippen LogP contribution in [0.2, 0.25) is 0 Å². The molecule has 14 heavy (non-hydrogen) atoms. The van der Waals surface area contributed by atoms with E-state index >= 15 is 0 Å². The fraction of sp³-hybridized carbons (Fsp3) is 0.500. The number of anilines is 1. The van der Waals surface area contributed by atoms with Crippen molar-refractivity contribution in [1.29, 1.82) is 0 Å². The zero-order chi connectivity index (χ0) is 10.6. The summed E-state index contributed by atoms with van der Waals surface area (Å²) < 4.78 is 6.80. The quantitative estimate of drug-likeness (QED) is 0.745.